The molecule has 2 aromatic carbocycles. The predicted molar refractivity (Wildman–Crippen MR) is 108 cm³/mol. The molecule has 0 heterocycles. The van der Waals surface area contributed by atoms with Crippen molar-refractivity contribution in [1.29, 1.82) is 0 Å². The lowest BCUT2D eigenvalue weighted by molar-refractivity contribution is -0.153. The van der Waals surface area contributed by atoms with Crippen LogP contribution in [0.1, 0.15) is 16.7 Å². The Kier molecular flexibility index (Phi) is 8.19. The van der Waals surface area contributed by atoms with Gasteiger partial charge < -0.3 is 15.8 Å². The second-order valence-electron chi connectivity index (χ2n) is 5.67. The summed E-state index contributed by atoms with van der Waals surface area (Å²) < 4.78 is 40.9. The maximum Gasteiger partial charge on any atom is 0.422 e. The van der Waals surface area contributed by atoms with Crippen LogP contribution in [-0.2, 0) is 6.54 Å². The molecule has 2 rings (SSSR count). The summed E-state index contributed by atoms with van der Waals surface area (Å²) in [5.74, 6) is 0.423. The molecule has 3 N–H and O–H groups in total. The number of nitrogens with zero attached hydrogens (tertiary/aromatic N) is 1. The Morgan fingerprint density at radius 2 is 1.73 bits per heavy atom. The van der Waals surface area contributed by atoms with E-state index in [1.54, 1.807) is 12.1 Å². The molecule has 0 saturated heterocycles. The fourth-order valence-corrected chi connectivity index (χ4v) is 2.04. The molecule has 0 aliphatic heterocycles. The van der Waals surface area contributed by atoms with Crippen LogP contribution in [0, 0.1) is 13.8 Å². The maximum atomic E-state index is 12.1. The summed E-state index contributed by atoms with van der Waals surface area (Å²) >= 11 is 0. The second-order valence-corrected chi connectivity index (χ2v) is 5.67. The van der Waals surface area contributed by atoms with Crippen LogP contribution in [0.5, 0.6) is 5.75 Å². The summed E-state index contributed by atoms with van der Waals surface area (Å²) in [5, 5.41) is 3.01. The number of halogens is 4. The SMILES string of the molecule is Cc1ccc(NC(N)=NCc2ccc(OCC(F)(F)F)cc2)cc1C.I. The van der Waals surface area contributed by atoms with Crippen LogP contribution in [0.3, 0.4) is 0 Å². The van der Waals surface area contributed by atoms with E-state index in [1.807, 2.05) is 32.0 Å². The molecule has 0 amide bonds. The Morgan fingerprint density at radius 1 is 1.08 bits per heavy atom. The number of alkyl halides is 3. The van der Waals surface area contributed by atoms with Crippen LogP contribution < -0.4 is 15.8 Å². The maximum absolute atomic E-state index is 12.1. The molecule has 4 nitrogen and oxygen atoms in total. The highest BCUT2D eigenvalue weighted by Gasteiger charge is 2.28. The molecule has 0 spiro atoms. The Balaban J connectivity index is 0.00000338. The number of aliphatic imine (C=N–C) groups is 1. The van der Waals surface area contributed by atoms with E-state index < -0.39 is 12.8 Å². The highest BCUT2D eigenvalue weighted by Crippen LogP contribution is 2.19. The number of nitrogens with one attached hydrogen (secondary N) is 1. The summed E-state index contributed by atoms with van der Waals surface area (Å²) in [6, 6.07) is 12.1. The van der Waals surface area contributed by atoms with Gasteiger partial charge in [-0.3, -0.25) is 0 Å². The number of aryl methyl sites for hydroxylation is 2. The van der Waals surface area contributed by atoms with Gasteiger partial charge in [0.05, 0.1) is 6.54 Å². The van der Waals surface area contributed by atoms with Crippen molar-refractivity contribution in [2.75, 3.05) is 11.9 Å². The van der Waals surface area contributed by atoms with Gasteiger partial charge in [-0.25, -0.2) is 4.99 Å². The lowest BCUT2D eigenvalue weighted by Gasteiger charge is -2.10. The van der Waals surface area contributed by atoms with Gasteiger partial charge in [0, 0.05) is 5.69 Å². The normalized spacial score (nSPS) is 11.7. The molecular formula is C18H21F3IN3O. The first-order valence-electron chi connectivity index (χ1n) is 7.65. The van der Waals surface area contributed by atoms with Crippen LogP contribution >= 0.6 is 24.0 Å². The van der Waals surface area contributed by atoms with E-state index in [-0.39, 0.29) is 35.7 Å². The van der Waals surface area contributed by atoms with E-state index in [9.17, 15) is 13.2 Å². The highest BCUT2D eigenvalue weighted by molar-refractivity contribution is 14.0. The van der Waals surface area contributed by atoms with Gasteiger partial charge in [0.15, 0.2) is 12.6 Å². The van der Waals surface area contributed by atoms with E-state index in [0.717, 1.165) is 16.8 Å². The van der Waals surface area contributed by atoms with Gasteiger partial charge >= 0.3 is 6.18 Å². The topological polar surface area (TPSA) is 59.6 Å². The third kappa shape index (κ3) is 7.51. The molecule has 0 radical (unpaired) electrons. The zero-order valence-corrected chi connectivity index (χ0v) is 16.8. The first-order valence-corrected chi connectivity index (χ1v) is 7.65. The Labute approximate surface area is 167 Å². The van der Waals surface area contributed by atoms with Crippen molar-refractivity contribution in [3.63, 3.8) is 0 Å². The number of ether oxygens (including phenoxy) is 1. The van der Waals surface area contributed by atoms with Crippen LogP contribution in [0.4, 0.5) is 18.9 Å². The number of guanidine groups is 1. The average molecular weight is 479 g/mol. The molecule has 0 fully saturated rings. The minimum Gasteiger partial charge on any atom is -0.484 e. The third-order valence-electron chi connectivity index (χ3n) is 3.54. The number of anilines is 1. The van der Waals surface area contributed by atoms with Gasteiger partial charge in [0.25, 0.3) is 0 Å². The van der Waals surface area contributed by atoms with Crippen molar-refractivity contribution in [1.82, 2.24) is 0 Å². The summed E-state index contributed by atoms with van der Waals surface area (Å²) in [7, 11) is 0. The van der Waals surface area contributed by atoms with E-state index in [1.165, 1.54) is 17.7 Å². The lowest BCUT2D eigenvalue weighted by Crippen LogP contribution is -2.22. The van der Waals surface area contributed by atoms with Crippen molar-refractivity contribution in [2.24, 2.45) is 10.7 Å². The fraction of sp³-hybridized carbons (Fsp3) is 0.278. The van der Waals surface area contributed by atoms with Gasteiger partial charge in [0.2, 0.25) is 0 Å². The molecule has 8 heteroatoms. The number of hydrogen-bond acceptors (Lipinski definition) is 2. The van der Waals surface area contributed by atoms with Gasteiger partial charge in [-0.15, -0.1) is 24.0 Å². The van der Waals surface area contributed by atoms with E-state index in [4.69, 9.17) is 5.73 Å². The molecule has 0 unspecified atom stereocenters. The number of nitrogens with two attached hydrogens (primary N) is 1. The third-order valence-corrected chi connectivity index (χ3v) is 3.54. The molecule has 0 aliphatic rings. The largest absolute Gasteiger partial charge is 0.484 e. The highest BCUT2D eigenvalue weighted by atomic mass is 127. The second kappa shape index (κ2) is 9.65. The number of rotatable bonds is 5. The quantitative estimate of drug-likeness (QED) is 0.369. The molecular weight excluding hydrogens is 458 g/mol. The zero-order valence-electron chi connectivity index (χ0n) is 14.4. The van der Waals surface area contributed by atoms with Crippen molar-refractivity contribution >= 4 is 35.6 Å². The summed E-state index contributed by atoms with van der Waals surface area (Å²) in [6.07, 6.45) is -4.35. The van der Waals surface area contributed by atoms with Crippen molar-refractivity contribution in [3.05, 3.63) is 59.2 Å². The number of benzene rings is 2. The van der Waals surface area contributed by atoms with Crippen LogP contribution in [-0.4, -0.2) is 18.7 Å². The molecule has 2 aromatic rings. The smallest absolute Gasteiger partial charge is 0.422 e. The Hall–Kier alpha value is -1.97. The van der Waals surface area contributed by atoms with Crippen molar-refractivity contribution in [3.8, 4) is 5.75 Å². The molecule has 0 aliphatic carbocycles. The first-order chi connectivity index (χ1) is 11.7. The lowest BCUT2D eigenvalue weighted by atomic mass is 10.1. The standard InChI is InChI=1S/C18H20F3N3O.HI/c1-12-3-6-15(9-13(12)2)24-17(22)23-10-14-4-7-16(8-5-14)25-11-18(19,20)21;/h3-9H,10-11H2,1-2H3,(H3,22,23,24);1H. The molecule has 0 aromatic heterocycles. The van der Waals surface area contributed by atoms with Crippen LogP contribution in [0.15, 0.2) is 47.5 Å². The molecule has 0 atom stereocenters. The van der Waals surface area contributed by atoms with Crippen molar-refractivity contribution < 1.29 is 17.9 Å². The molecule has 0 saturated carbocycles. The summed E-state index contributed by atoms with van der Waals surface area (Å²) in [4.78, 5) is 4.22. The zero-order chi connectivity index (χ0) is 18.4. The molecule has 26 heavy (non-hydrogen) atoms. The fourth-order valence-electron chi connectivity index (χ4n) is 2.04. The Morgan fingerprint density at radius 3 is 2.31 bits per heavy atom. The number of hydrogen-bond donors (Lipinski definition) is 2. The van der Waals surface area contributed by atoms with E-state index in [2.05, 4.69) is 15.0 Å². The van der Waals surface area contributed by atoms with Gasteiger partial charge in [-0.1, -0.05) is 18.2 Å². The molecule has 0 bridgehead atoms. The van der Waals surface area contributed by atoms with Gasteiger partial charge in [-0.05, 0) is 54.8 Å². The monoisotopic (exact) mass is 479 g/mol. The molecule has 142 valence electrons. The average Bonchev–Trinajstić information content (AvgIpc) is 2.55. The van der Waals surface area contributed by atoms with Gasteiger partial charge in [-0.2, -0.15) is 13.2 Å². The first kappa shape index (κ1) is 22.1. The predicted octanol–water partition coefficient (Wildman–Crippen LogP) is 4.79. The minimum atomic E-state index is -4.35. The van der Waals surface area contributed by atoms with Crippen molar-refractivity contribution in [2.45, 2.75) is 26.6 Å². The van der Waals surface area contributed by atoms with E-state index >= 15 is 0 Å². The van der Waals surface area contributed by atoms with E-state index in [0.29, 0.717) is 6.54 Å². The van der Waals surface area contributed by atoms with Crippen LogP contribution in [0.2, 0.25) is 0 Å². The van der Waals surface area contributed by atoms with Gasteiger partial charge in [0.1, 0.15) is 5.75 Å². The summed E-state index contributed by atoms with van der Waals surface area (Å²) in [5.41, 5.74) is 9.85. The summed E-state index contributed by atoms with van der Waals surface area (Å²) in [6.45, 7) is 3.04. The minimum absolute atomic E-state index is 0. The Bertz CT molecular complexity index is 746. The van der Waals surface area contributed by atoms with Crippen LogP contribution in [0.25, 0.3) is 0 Å².